The zero-order valence-electron chi connectivity index (χ0n) is 17.4. The van der Waals surface area contributed by atoms with Crippen LogP contribution < -0.4 is 0 Å². The number of ether oxygens (including phenoxy) is 2. The summed E-state index contributed by atoms with van der Waals surface area (Å²) in [6, 6.07) is 33.6. The molecule has 4 heteroatoms. The maximum Gasteiger partial charge on any atom is 0.138 e. The Kier molecular flexibility index (Phi) is 6.07. The van der Waals surface area contributed by atoms with Crippen LogP contribution in [0.2, 0.25) is 0 Å². The Hall–Kier alpha value is -3.21. The molecule has 3 aromatic carbocycles. The minimum absolute atomic E-state index is 0.443. The van der Waals surface area contributed by atoms with Crippen LogP contribution in [0.1, 0.15) is 28.1 Å². The van der Waals surface area contributed by atoms with Crippen LogP contribution in [0, 0.1) is 0 Å². The molecule has 1 aromatic heterocycles. The van der Waals surface area contributed by atoms with E-state index in [0.717, 1.165) is 28.1 Å². The predicted molar refractivity (Wildman–Crippen MR) is 118 cm³/mol. The van der Waals surface area contributed by atoms with Crippen LogP contribution >= 0.6 is 0 Å². The summed E-state index contributed by atoms with van der Waals surface area (Å²) in [5, 5.41) is 5.03. The average molecular weight is 399 g/mol. The van der Waals surface area contributed by atoms with Gasteiger partial charge in [0.1, 0.15) is 5.54 Å². The minimum atomic E-state index is -0.649. The predicted octanol–water partition coefficient (Wildman–Crippen LogP) is 5.02. The molecule has 0 aliphatic heterocycles. The van der Waals surface area contributed by atoms with Crippen LogP contribution in [0.4, 0.5) is 0 Å². The highest BCUT2D eigenvalue weighted by Gasteiger charge is 2.40. The number of hydrogen-bond donors (Lipinski definition) is 0. The van der Waals surface area contributed by atoms with Gasteiger partial charge in [-0.2, -0.15) is 5.10 Å². The molecule has 0 unspecified atom stereocenters. The molecule has 4 rings (SSSR count). The molecular formula is C26H26N2O2. The van der Waals surface area contributed by atoms with E-state index in [1.807, 2.05) is 18.2 Å². The van der Waals surface area contributed by atoms with Gasteiger partial charge in [0.25, 0.3) is 0 Å². The Morgan fingerprint density at radius 3 is 1.50 bits per heavy atom. The van der Waals surface area contributed by atoms with Crippen molar-refractivity contribution in [3.05, 3.63) is 125 Å². The van der Waals surface area contributed by atoms with Crippen molar-refractivity contribution < 1.29 is 9.47 Å². The quantitative estimate of drug-likeness (QED) is 0.391. The molecule has 0 spiro atoms. The van der Waals surface area contributed by atoms with Crippen LogP contribution in [0.25, 0.3) is 0 Å². The van der Waals surface area contributed by atoms with Crippen LogP contribution in [0.5, 0.6) is 0 Å². The number of rotatable bonds is 8. The summed E-state index contributed by atoms with van der Waals surface area (Å²) >= 11 is 0. The molecule has 30 heavy (non-hydrogen) atoms. The van der Waals surface area contributed by atoms with Crippen molar-refractivity contribution in [2.45, 2.75) is 18.8 Å². The van der Waals surface area contributed by atoms with Crippen LogP contribution in [-0.2, 0) is 28.2 Å². The fourth-order valence-corrected chi connectivity index (χ4v) is 4.14. The summed E-state index contributed by atoms with van der Waals surface area (Å²) in [7, 11) is 3.40. The molecular weight excluding hydrogens is 372 g/mol. The van der Waals surface area contributed by atoms with E-state index in [-0.39, 0.29) is 0 Å². The van der Waals surface area contributed by atoms with Gasteiger partial charge in [-0.25, -0.2) is 4.68 Å². The van der Waals surface area contributed by atoms with Crippen molar-refractivity contribution in [3.8, 4) is 0 Å². The van der Waals surface area contributed by atoms with E-state index in [1.165, 1.54) is 0 Å². The number of nitrogens with zero attached hydrogens (tertiary/aromatic N) is 2. The lowest BCUT2D eigenvalue weighted by atomic mass is 9.77. The first-order chi connectivity index (χ1) is 14.8. The normalized spacial score (nSPS) is 11.5. The SMILES string of the molecule is COCc1cc(COC)n(C(c2ccccc2)(c2ccccc2)c2ccccc2)n1. The third kappa shape index (κ3) is 3.56. The lowest BCUT2D eigenvalue weighted by Crippen LogP contribution is -2.40. The molecule has 0 aliphatic rings. The van der Waals surface area contributed by atoms with E-state index in [0.29, 0.717) is 13.2 Å². The van der Waals surface area contributed by atoms with Crippen LogP contribution in [-0.4, -0.2) is 24.0 Å². The van der Waals surface area contributed by atoms with Gasteiger partial charge in [-0.05, 0) is 22.8 Å². The van der Waals surface area contributed by atoms with E-state index in [4.69, 9.17) is 14.6 Å². The first-order valence-electron chi connectivity index (χ1n) is 10.0. The van der Waals surface area contributed by atoms with Crippen molar-refractivity contribution in [1.82, 2.24) is 9.78 Å². The van der Waals surface area contributed by atoms with E-state index in [9.17, 15) is 0 Å². The fourth-order valence-electron chi connectivity index (χ4n) is 4.14. The summed E-state index contributed by atoms with van der Waals surface area (Å²) in [4.78, 5) is 0. The van der Waals surface area contributed by atoms with Gasteiger partial charge in [-0.1, -0.05) is 91.0 Å². The van der Waals surface area contributed by atoms with Gasteiger partial charge in [0.05, 0.1) is 24.6 Å². The molecule has 0 saturated heterocycles. The third-order valence-electron chi connectivity index (χ3n) is 5.31. The molecule has 0 atom stereocenters. The smallest absolute Gasteiger partial charge is 0.138 e. The average Bonchev–Trinajstić information content (AvgIpc) is 3.20. The topological polar surface area (TPSA) is 36.3 Å². The van der Waals surface area contributed by atoms with Gasteiger partial charge >= 0.3 is 0 Å². The second kappa shape index (κ2) is 9.08. The summed E-state index contributed by atoms with van der Waals surface area (Å²) in [5.74, 6) is 0. The zero-order chi connectivity index (χ0) is 20.8. The number of aromatic nitrogens is 2. The van der Waals surface area contributed by atoms with Crippen molar-refractivity contribution in [1.29, 1.82) is 0 Å². The largest absolute Gasteiger partial charge is 0.378 e. The lowest BCUT2D eigenvalue weighted by Gasteiger charge is -2.37. The Morgan fingerprint density at radius 2 is 1.10 bits per heavy atom. The van der Waals surface area contributed by atoms with Crippen molar-refractivity contribution in [3.63, 3.8) is 0 Å². The Balaban J connectivity index is 2.11. The monoisotopic (exact) mass is 398 g/mol. The lowest BCUT2D eigenvalue weighted by molar-refractivity contribution is 0.173. The summed E-state index contributed by atoms with van der Waals surface area (Å²) in [6.45, 7) is 0.892. The van der Waals surface area contributed by atoms with Gasteiger partial charge < -0.3 is 9.47 Å². The number of benzene rings is 3. The fraction of sp³-hybridized carbons (Fsp3) is 0.192. The first-order valence-corrected chi connectivity index (χ1v) is 10.0. The van der Waals surface area contributed by atoms with E-state index in [1.54, 1.807) is 14.2 Å². The molecule has 0 saturated carbocycles. The summed E-state index contributed by atoms with van der Waals surface area (Å²) in [5.41, 5.74) is 4.60. The highest BCUT2D eigenvalue weighted by molar-refractivity contribution is 5.51. The number of hydrogen-bond acceptors (Lipinski definition) is 3. The first kappa shape index (κ1) is 20.1. The van der Waals surface area contributed by atoms with Gasteiger partial charge in [0.15, 0.2) is 0 Å². The Bertz CT molecular complexity index is 964. The maximum absolute atomic E-state index is 5.56. The Morgan fingerprint density at radius 1 is 0.667 bits per heavy atom. The van der Waals surface area contributed by atoms with Crippen LogP contribution in [0.15, 0.2) is 97.1 Å². The second-order valence-electron chi connectivity index (χ2n) is 7.21. The summed E-state index contributed by atoms with van der Waals surface area (Å²) in [6.07, 6.45) is 0. The molecule has 0 N–H and O–H groups in total. The van der Waals surface area contributed by atoms with Crippen molar-refractivity contribution in [2.75, 3.05) is 14.2 Å². The molecule has 0 radical (unpaired) electrons. The van der Waals surface area contributed by atoms with Gasteiger partial charge in [-0.3, -0.25) is 0 Å². The van der Waals surface area contributed by atoms with Gasteiger partial charge in [0, 0.05) is 14.2 Å². The zero-order valence-corrected chi connectivity index (χ0v) is 17.4. The van der Waals surface area contributed by atoms with Crippen molar-refractivity contribution >= 4 is 0 Å². The standard InChI is InChI=1S/C26H26N2O2/c1-29-19-24-18-25(20-30-2)28(27-24)26(21-12-6-3-7-13-21,22-14-8-4-9-15-22)23-16-10-5-11-17-23/h3-18H,19-20H2,1-2H3. The van der Waals surface area contributed by atoms with Crippen molar-refractivity contribution in [2.24, 2.45) is 0 Å². The third-order valence-corrected chi connectivity index (χ3v) is 5.31. The molecule has 1 heterocycles. The van der Waals surface area contributed by atoms with Crippen LogP contribution in [0.3, 0.4) is 0 Å². The second-order valence-corrected chi connectivity index (χ2v) is 7.21. The molecule has 152 valence electrons. The Labute approximate surface area is 177 Å². The molecule has 0 aliphatic carbocycles. The summed E-state index contributed by atoms with van der Waals surface area (Å²) < 4.78 is 13.1. The highest BCUT2D eigenvalue weighted by atomic mass is 16.5. The molecule has 0 bridgehead atoms. The van der Waals surface area contributed by atoms with E-state index >= 15 is 0 Å². The van der Waals surface area contributed by atoms with Gasteiger partial charge in [0.2, 0.25) is 0 Å². The molecule has 4 nitrogen and oxygen atoms in total. The molecule has 4 aromatic rings. The maximum atomic E-state index is 5.56. The van der Waals surface area contributed by atoms with Gasteiger partial charge in [-0.15, -0.1) is 0 Å². The minimum Gasteiger partial charge on any atom is -0.378 e. The number of methoxy groups -OCH3 is 2. The molecule has 0 amide bonds. The highest BCUT2D eigenvalue weighted by Crippen LogP contribution is 2.41. The van der Waals surface area contributed by atoms with E-state index in [2.05, 4.69) is 83.5 Å². The molecule has 0 fully saturated rings. The van der Waals surface area contributed by atoms with E-state index < -0.39 is 5.54 Å².